The first-order chi connectivity index (χ1) is 6.06. The van der Waals surface area contributed by atoms with E-state index < -0.39 is 30.9 Å². The molecule has 1 unspecified atom stereocenters. The van der Waals surface area contributed by atoms with Gasteiger partial charge in [-0.05, 0) is 0 Å². The van der Waals surface area contributed by atoms with E-state index in [1.165, 1.54) is 0 Å². The van der Waals surface area contributed by atoms with E-state index >= 15 is 0 Å². The van der Waals surface area contributed by atoms with Gasteiger partial charge in [0.05, 0.1) is 0 Å². The molecule has 8 nitrogen and oxygen atoms in total. The second kappa shape index (κ2) is 3.27. The number of amides is 5. The lowest BCUT2D eigenvalue weighted by atomic mass is 10.5. The van der Waals surface area contributed by atoms with Crippen molar-refractivity contribution >= 4 is 18.0 Å². The number of aliphatic hydroxyl groups excluding tert-OH is 1. The molecule has 5 amide bonds. The number of primary amides is 1. The number of urea groups is 2. The predicted octanol–water partition coefficient (Wildman–Crippen LogP) is -2.52. The van der Waals surface area contributed by atoms with Gasteiger partial charge in [0.15, 0.2) is 6.17 Å². The summed E-state index contributed by atoms with van der Waals surface area (Å²) in [4.78, 5) is 32.8. The summed E-state index contributed by atoms with van der Waals surface area (Å²) >= 11 is 0. The molecule has 0 aromatic heterocycles. The number of imide groups is 1. The van der Waals surface area contributed by atoms with Gasteiger partial charge in [0.2, 0.25) is 0 Å². The molecular weight excluding hydrogens is 180 g/mol. The smallest absolute Gasteiger partial charge is 0.328 e. The molecule has 0 bridgehead atoms. The highest BCUT2D eigenvalue weighted by Crippen LogP contribution is 2.01. The Morgan fingerprint density at radius 2 is 2.31 bits per heavy atom. The van der Waals surface area contributed by atoms with Gasteiger partial charge in [0, 0.05) is 0 Å². The van der Waals surface area contributed by atoms with Crippen molar-refractivity contribution in [2.75, 3.05) is 6.73 Å². The van der Waals surface area contributed by atoms with Gasteiger partial charge in [0.25, 0.3) is 5.91 Å². The molecule has 5 N–H and O–H groups in total. The number of hydrogen-bond acceptors (Lipinski definition) is 4. The molecule has 1 heterocycles. The zero-order valence-electron chi connectivity index (χ0n) is 6.48. The van der Waals surface area contributed by atoms with Crippen LogP contribution in [0.4, 0.5) is 9.59 Å². The van der Waals surface area contributed by atoms with Gasteiger partial charge in [-0.25, -0.2) is 14.5 Å². The number of nitrogens with zero attached hydrogens (tertiary/aromatic N) is 1. The number of nitrogens with two attached hydrogens (primary N) is 1. The second-order valence-electron chi connectivity index (χ2n) is 2.30. The Morgan fingerprint density at radius 1 is 1.69 bits per heavy atom. The molecule has 0 saturated carbocycles. The molecule has 1 aliphatic rings. The van der Waals surface area contributed by atoms with Crippen molar-refractivity contribution in [3.63, 3.8) is 0 Å². The van der Waals surface area contributed by atoms with E-state index in [1.54, 1.807) is 0 Å². The van der Waals surface area contributed by atoms with E-state index in [4.69, 9.17) is 10.8 Å². The monoisotopic (exact) mass is 188 g/mol. The molecule has 1 aliphatic heterocycles. The van der Waals surface area contributed by atoms with Gasteiger partial charge in [-0.15, -0.1) is 0 Å². The third-order valence-corrected chi connectivity index (χ3v) is 1.45. The van der Waals surface area contributed by atoms with E-state index in [-0.39, 0.29) is 0 Å². The van der Waals surface area contributed by atoms with Crippen molar-refractivity contribution < 1.29 is 19.5 Å². The van der Waals surface area contributed by atoms with Crippen LogP contribution < -0.4 is 16.4 Å². The average molecular weight is 188 g/mol. The maximum atomic E-state index is 11.1. The summed E-state index contributed by atoms with van der Waals surface area (Å²) in [6.07, 6.45) is -1.18. The Balaban J connectivity index is 2.67. The molecule has 0 aromatic rings. The largest absolute Gasteiger partial charge is 0.376 e. The van der Waals surface area contributed by atoms with Crippen LogP contribution in [0.25, 0.3) is 0 Å². The van der Waals surface area contributed by atoms with Crippen LogP contribution >= 0.6 is 0 Å². The summed E-state index contributed by atoms with van der Waals surface area (Å²) in [7, 11) is 0. The number of carbonyl (C=O) groups excluding carboxylic acids is 3. The first-order valence-electron chi connectivity index (χ1n) is 3.35. The summed E-state index contributed by atoms with van der Waals surface area (Å²) in [5, 5.41) is 12.7. The number of aliphatic hydroxyl groups is 1. The van der Waals surface area contributed by atoms with E-state index in [0.717, 1.165) is 0 Å². The molecule has 0 aliphatic carbocycles. The minimum Gasteiger partial charge on any atom is -0.376 e. The summed E-state index contributed by atoms with van der Waals surface area (Å²) in [5.74, 6) is -0.744. The lowest BCUT2D eigenvalue weighted by molar-refractivity contribution is -0.130. The van der Waals surface area contributed by atoms with Crippen LogP contribution in [-0.2, 0) is 4.79 Å². The normalized spacial score (nSPS) is 21.6. The second-order valence-corrected chi connectivity index (χ2v) is 2.30. The fraction of sp³-hybridized carbons (Fsp3) is 0.400. The fourth-order valence-electron chi connectivity index (χ4n) is 0.893. The predicted molar refractivity (Wildman–Crippen MR) is 39.0 cm³/mol. The third kappa shape index (κ3) is 1.67. The highest BCUT2D eigenvalue weighted by Gasteiger charge is 2.38. The Hall–Kier alpha value is -1.83. The Labute approximate surface area is 72.7 Å². The molecule has 0 spiro atoms. The van der Waals surface area contributed by atoms with Gasteiger partial charge in [-0.3, -0.25) is 4.79 Å². The van der Waals surface area contributed by atoms with Crippen molar-refractivity contribution in [3.05, 3.63) is 0 Å². The van der Waals surface area contributed by atoms with Crippen LogP contribution in [0.5, 0.6) is 0 Å². The van der Waals surface area contributed by atoms with Crippen molar-refractivity contribution in [1.29, 1.82) is 0 Å². The summed E-state index contributed by atoms with van der Waals surface area (Å²) in [6, 6.07) is -1.70. The molecule has 1 rings (SSSR count). The molecule has 0 aromatic carbocycles. The topological polar surface area (TPSA) is 125 Å². The maximum Gasteiger partial charge on any atom is 0.328 e. The summed E-state index contributed by atoms with van der Waals surface area (Å²) in [6.45, 7) is -0.735. The van der Waals surface area contributed by atoms with Crippen LogP contribution in [-0.4, -0.2) is 40.9 Å². The zero-order chi connectivity index (χ0) is 10.0. The summed E-state index contributed by atoms with van der Waals surface area (Å²) in [5.41, 5.74) is 4.73. The van der Waals surface area contributed by atoms with Crippen molar-refractivity contribution in [3.8, 4) is 0 Å². The van der Waals surface area contributed by atoms with Crippen LogP contribution in [0.15, 0.2) is 0 Å². The van der Waals surface area contributed by atoms with Gasteiger partial charge in [0.1, 0.15) is 6.73 Å². The SMILES string of the molecule is NC(=O)NC1NC(=O)N(CO)C1=O. The van der Waals surface area contributed by atoms with Gasteiger partial charge in [-0.2, -0.15) is 0 Å². The average Bonchev–Trinajstić information content (AvgIpc) is 2.26. The van der Waals surface area contributed by atoms with E-state index in [2.05, 4.69) is 5.32 Å². The molecule has 8 heteroatoms. The molecular formula is C5H8N4O4. The summed E-state index contributed by atoms with van der Waals surface area (Å²) < 4.78 is 0. The standard InChI is InChI=1S/C5H8N4O4/c6-4(12)7-2-3(11)9(1-10)5(13)8-2/h2,10H,1H2,(H,8,13)(H3,6,7,12). The minimum absolute atomic E-state index is 0.542. The first-order valence-corrected chi connectivity index (χ1v) is 3.35. The quantitative estimate of drug-likeness (QED) is 0.357. The lowest BCUT2D eigenvalue weighted by Crippen LogP contribution is -2.48. The molecule has 1 atom stereocenters. The van der Waals surface area contributed by atoms with Crippen molar-refractivity contribution in [2.24, 2.45) is 5.73 Å². The van der Waals surface area contributed by atoms with Crippen molar-refractivity contribution in [1.82, 2.24) is 15.5 Å². The number of nitrogens with one attached hydrogen (secondary N) is 2. The van der Waals surface area contributed by atoms with Crippen molar-refractivity contribution in [2.45, 2.75) is 6.17 Å². The third-order valence-electron chi connectivity index (χ3n) is 1.45. The maximum absolute atomic E-state index is 11.1. The van der Waals surface area contributed by atoms with Gasteiger partial charge in [-0.1, -0.05) is 0 Å². The zero-order valence-corrected chi connectivity index (χ0v) is 6.48. The lowest BCUT2D eigenvalue weighted by Gasteiger charge is -2.08. The highest BCUT2D eigenvalue weighted by atomic mass is 16.3. The molecule has 72 valence electrons. The molecule has 0 radical (unpaired) electrons. The fourth-order valence-corrected chi connectivity index (χ4v) is 0.893. The number of carbonyl (C=O) groups is 3. The first kappa shape index (κ1) is 9.26. The Kier molecular flexibility index (Phi) is 2.33. The van der Waals surface area contributed by atoms with Crippen LogP contribution in [0.2, 0.25) is 0 Å². The molecule has 1 saturated heterocycles. The minimum atomic E-state index is -1.18. The van der Waals surface area contributed by atoms with E-state index in [1.807, 2.05) is 5.32 Å². The van der Waals surface area contributed by atoms with E-state index in [0.29, 0.717) is 4.90 Å². The Bertz CT molecular complexity index is 265. The van der Waals surface area contributed by atoms with Crippen LogP contribution in [0.3, 0.4) is 0 Å². The van der Waals surface area contributed by atoms with Gasteiger partial charge < -0.3 is 21.5 Å². The number of rotatable bonds is 2. The molecule has 1 fully saturated rings. The van der Waals surface area contributed by atoms with Crippen LogP contribution in [0.1, 0.15) is 0 Å². The van der Waals surface area contributed by atoms with Gasteiger partial charge >= 0.3 is 12.1 Å². The van der Waals surface area contributed by atoms with Crippen LogP contribution in [0, 0.1) is 0 Å². The molecule has 13 heavy (non-hydrogen) atoms. The van der Waals surface area contributed by atoms with E-state index in [9.17, 15) is 14.4 Å². The Morgan fingerprint density at radius 3 is 2.69 bits per heavy atom. The highest BCUT2D eigenvalue weighted by molar-refractivity contribution is 6.05. The number of hydrogen-bond donors (Lipinski definition) is 4.